The second kappa shape index (κ2) is 5.83. The fraction of sp³-hybridized carbons (Fsp3) is 0.0769. The minimum absolute atomic E-state index is 0.0182. The molecule has 104 valence electrons. The molecule has 0 saturated carbocycles. The molecule has 0 N–H and O–H groups in total. The van der Waals surface area contributed by atoms with Gasteiger partial charge in [0.05, 0.1) is 5.69 Å². The zero-order valence-electron chi connectivity index (χ0n) is 9.92. The van der Waals surface area contributed by atoms with Crippen molar-refractivity contribution in [3.8, 4) is 11.4 Å². The fourth-order valence-corrected chi connectivity index (χ4v) is 1.96. The Bertz CT molecular complexity index is 638. The number of carbonyl (C=O) groups is 2. The summed E-state index contributed by atoms with van der Waals surface area (Å²) in [6.07, 6.45) is 0.177. The zero-order chi connectivity index (χ0) is 14.7. The first-order valence-corrected chi connectivity index (χ1v) is 5.82. The van der Waals surface area contributed by atoms with E-state index in [-0.39, 0.29) is 22.9 Å². The van der Waals surface area contributed by atoms with Gasteiger partial charge in [0, 0.05) is 5.69 Å². The SMILES string of the molecule is O=CC(=O)c1ccc(Cl)n1-c1ccc(OC(F)F)cc1. The smallest absolute Gasteiger partial charge is 0.387 e. The van der Waals surface area contributed by atoms with Gasteiger partial charge in [-0.2, -0.15) is 8.78 Å². The first-order valence-electron chi connectivity index (χ1n) is 5.45. The Labute approximate surface area is 117 Å². The molecule has 0 aliphatic heterocycles. The lowest BCUT2D eigenvalue weighted by Gasteiger charge is -2.10. The lowest BCUT2D eigenvalue weighted by molar-refractivity contribution is -0.104. The van der Waals surface area contributed by atoms with Crippen LogP contribution in [0.2, 0.25) is 5.15 Å². The Morgan fingerprint density at radius 2 is 1.85 bits per heavy atom. The van der Waals surface area contributed by atoms with Crippen molar-refractivity contribution >= 4 is 23.7 Å². The van der Waals surface area contributed by atoms with Crippen LogP contribution in [-0.2, 0) is 4.79 Å². The highest BCUT2D eigenvalue weighted by Gasteiger charge is 2.15. The van der Waals surface area contributed by atoms with Gasteiger partial charge in [0.15, 0.2) is 6.29 Å². The van der Waals surface area contributed by atoms with Gasteiger partial charge in [-0.1, -0.05) is 11.6 Å². The lowest BCUT2D eigenvalue weighted by atomic mass is 10.2. The number of carbonyl (C=O) groups excluding carboxylic acids is 2. The molecular formula is C13H8ClF2NO3. The maximum atomic E-state index is 12.0. The monoisotopic (exact) mass is 299 g/mol. The third kappa shape index (κ3) is 2.85. The van der Waals surface area contributed by atoms with E-state index in [0.29, 0.717) is 5.69 Å². The molecule has 0 unspecified atom stereocenters. The van der Waals surface area contributed by atoms with Gasteiger partial charge in [0.2, 0.25) is 5.78 Å². The predicted octanol–water partition coefficient (Wildman–Crippen LogP) is 3.11. The predicted molar refractivity (Wildman–Crippen MR) is 67.8 cm³/mol. The number of ketones is 1. The number of alkyl halides is 2. The molecule has 0 saturated heterocycles. The highest BCUT2D eigenvalue weighted by atomic mass is 35.5. The number of halogens is 3. The summed E-state index contributed by atoms with van der Waals surface area (Å²) in [6, 6.07) is 8.39. The maximum absolute atomic E-state index is 12.0. The van der Waals surface area contributed by atoms with Crippen molar-refractivity contribution in [3.05, 3.63) is 47.2 Å². The van der Waals surface area contributed by atoms with Crippen LogP contribution >= 0.6 is 11.6 Å². The van der Waals surface area contributed by atoms with Gasteiger partial charge in [-0.3, -0.25) is 14.2 Å². The van der Waals surface area contributed by atoms with E-state index in [4.69, 9.17) is 11.6 Å². The molecule has 2 rings (SSSR count). The highest BCUT2D eigenvalue weighted by molar-refractivity contribution is 6.34. The second-order valence-corrected chi connectivity index (χ2v) is 4.12. The van der Waals surface area contributed by atoms with Crippen LogP contribution in [0.15, 0.2) is 36.4 Å². The average Bonchev–Trinajstić information content (AvgIpc) is 2.80. The van der Waals surface area contributed by atoms with Gasteiger partial charge >= 0.3 is 6.61 Å². The summed E-state index contributed by atoms with van der Waals surface area (Å²) in [5.41, 5.74) is 0.541. The Morgan fingerprint density at radius 3 is 2.40 bits per heavy atom. The van der Waals surface area contributed by atoms with E-state index in [2.05, 4.69) is 4.74 Å². The van der Waals surface area contributed by atoms with Crippen LogP contribution in [0.3, 0.4) is 0 Å². The van der Waals surface area contributed by atoms with Crippen LogP contribution in [0.5, 0.6) is 5.75 Å². The number of hydrogen-bond donors (Lipinski definition) is 0. The van der Waals surface area contributed by atoms with E-state index in [1.165, 1.54) is 41.0 Å². The molecule has 1 aromatic carbocycles. The Kier molecular flexibility index (Phi) is 4.14. The van der Waals surface area contributed by atoms with Gasteiger partial charge in [-0.05, 0) is 36.4 Å². The van der Waals surface area contributed by atoms with E-state index >= 15 is 0 Å². The van der Waals surface area contributed by atoms with Crippen molar-refractivity contribution < 1.29 is 23.1 Å². The summed E-state index contributed by atoms with van der Waals surface area (Å²) in [7, 11) is 0. The summed E-state index contributed by atoms with van der Waals surface area (Å²) in [5.74, 6) is -0.750. The molecule has 0 aliphatic carbocycles. The summed E-state index contributed by atoms with van der Waals surface area (Å²) < 4.78 is 29.6. The molecule has 2 aromatic rings. The van der Waals surface area contributed by atoms with Gasteiger partial charge in [0.25, 0.3) is 0 Å². The largest absolute Gasteiger partial charge is 0.435 e. The minimum Gasteiger partial charge on any atom is -0.435 e. The molecule has 0 fully saturated rings. The molecule has 0 radical (unpaired) electrons. The standard InChI is InChI=1S/C13H8ClF2NO3/c14-12-6-5-10(11(19)7-18)17(12)8-1-3-9(4-2-8)20-13(15)16/h1-7,13H. The van der Waals surface area contributed by atoms with Crippen molar-refractivity contribution in [3.63, 3.8) is 0 Å². The maximum Gasteiger partial charge on any atom is 0.387 e. The van der Waals surface area contributed by atoms with Gasteiger partial charge in [-0.15, -0.1) is 0 Å². The Balaban J connectivity index is 2.39. The number of Topliss-reactive ketones (excluding diaryl/α,β-unsaturated/α-hetero) is 1. The molecule has 0 spiro atoms. The van der Waals surface area contributed by atoms with Crippen LogP contribution in [0.25, 0.3) is 5.69 Å². The van der Waals surface area contributed by atoms with E-state index in [9.17, 15) is 18.4 Å². The molecule has 0 atom stereocenters. The van der Waals surface area contributed by atoms with Crippen LogP contribution in [0.4, 0.5) is 8.78 Å². The van der Waals surface area contributed by atoms with E-state index in [1.807, 2.05) is 0 Å². The van der Waals surface area contributed by atoms with E-state index in [0.717, 1.165) is 0 Å². The van der Waals surface area contributed by atoms with E-state index < -0.39 is 12.4 Å². The second-order valence-electron chi connectivity index (χ2n) is 3.73. The lowest BCUT2D eigenvalue weighted by Crippen LogP contribution is -2.08. The highest BCUT2D eigenvalue weighted by Crippen LogP contribution is 2.24. The molecule has 4 nitrogen and oxygen atoms in total. The van der Waals surface area contributed by atoms with Crippen LogP contribution in [0.1, 0.15) is 10.5 Å². The summed E-state index contributed by atoms with van der Waals surface area (Å²) in [6.45, 7) is -2.91. The molecule has 7 heteroatoms. The number of ether oxygens (including phenoxy) is 1. The topological polar surface area (TPSA) is 48.3 Å². The van der Waals surface area contributed by atoms with Crippen molar-refractivity contribution in [1.29, 1.82) is 0 Å². The van der Waals surface area contributed by atoms with Crippen molar-refractivity contribution in [2.75, 3.05) is 0 Å². The summed E-state index contributed by atoms with van der Waals surface area (Å²) in [4.78, 5) is 22.0. The quantitative estimate of drug-likeness (QED) is 0.484. The molecule has 1 aromatic heterocycles. The Morgan fingerprint density at radius 1 is 1.20 bits per heavy atom. The van der Waals surface area contributed by atoms with Crippen molar-refractivity contribution in [2.45, 2.75) is 6.61 Å². The summed E-state index contributed by atoms with van der Waals surface area (Å²) in [5, 5.41) is 0.220. The summed E-state index contributed by atoms with van der Waals surface area (Å²) >= 11 is 5.95. The number of benzene rings is 1. The molecular weight excluding hydrogens is 292 g/mol. The van der Waals surface area contributed by atoms with Crippen molar-refractivity contribution in [2.24, 2.45) is 0 Å². The van der Waals surface area contributed by atoms with Crippen molar-refractivity contribution in [1.82, 2.24) is 4.57 Å². The number of hydrogen-bond acceptors (Lipinski definition) is 3. The first-order chi connectivity index (χ1) is 9.52. The van der Waals surface area contributed by atoms with Crippen LogP contribution < -0.4 is 4.74 Å². The fourth-order valence-electron chi connectivity index (χ4n) is 1.70. The first kappa shape index (κ1) is 14.2. The molecule has 0 bridgehead atoms. The van der Waals surface area contributed by atoms with Gasteiger partial charge in [0.1, 0.15) is 10.9 Å². The molecule has 1 heterocycles. The molecule has 20 heavy (non-hydrogen) atoms. The Hall–Kier alpha value is -2.21. The van der Waals surface area contributed by atoms with Crippen LogP contribution in [-0.4, -0.2) is 23.2 Å². The number of nitrogens with zero attached hydrogens (tertiary/aromatic N) is 1. The normalized spacial score (nSPS) is 10.6. The van der Waals surface area contributed by atoms with E-state index in [1.54, 1.807) is 0 Å². The number of aromatic nitrogens is 1. The van der Waals surface area contributed by atoms with Gasteiger partial charge < -0.3 is 4.74 Å². The number of aldehydes is 1. The molecule has 0 amide bonds. The minimum atomic E-state index is -2.91. The van der Waals surface area contributed by atoms with Crippen LogP contribution in [0, 0.1) is 0 Å². The zero-order valence-corrected chi connectivity index (χ0v) is 10.7. The third-order valence-electron chi connectivity index (χ3n) is 2.51. The van der Waals surface area contributed by atoms with Gasteiger partial charge in [-0.25, -0.2) is 0 Å². The third-order valence-corrected chi connectivity index (χ3v) is 2.81. The average molecular weight is 300 g/mol. The number of rotatable bonds is 5. The molecule has 0 aliphatic rings.